The lowest BCUT2D eigenvalue weighted by Gasteiger charge is -2.14. The first kappa shape index (κ1) is 23.5. The zero-order chi connectivity index (χ0) is 22.9. The van der Waals surface area contributed by atoms with E-state index >= 15 is 0 Å². The number of anilines is 1. The molecule has 3 N–H and O–H groups in total. The van der Waals surface area contributed by atoms with Gasteiger partial charge in [0.05, 0.1) is 0 Å². The third-order valence-electron chi connectivity index (χ3n) is 5.21. The average Bonchev–Trinajstić information content (AvgIpc) is 2.76. The number of benzene rings is 2. The number of para-hydroxylation sites is 2. The van der Waals surface area contributed by atoms with Crippen LogP contribution >= 0.6 is 0 Å². The van der Waals surface area contributed by atoms with Gasteiger partial charge in [0.2, 0.25) is 5.95 Å². The molecule has 0 saturated heterocycles. The molecule has 7 heteroatoms. The summed E-state index contributed by atoms with van der Waals surface area (Å²) in [5, 5.41) is 3.28. The number of hydrogen-bond donors (Lipinski definition) is 2. The molecule has 32 heavy (non-hydrogen) atoms. The number of rotatable bonds is 11. The van der Waals surface area contributed by atoms with Crippen molar-refractivity contribution in [1.82, 2.24) is 15.0 Å². The van der Waals surface area contributed by atoms with Crippen molar-refractivity contribution in [2.75, 3.05) is 18.4 Å². The van der Waals surface area contributed by atoms with Crippen LogP contribution in [0, 0.1) is 27.7 Å². The predicted octanol–water partition coefficient (Wildman–Crippen LogP) is 5.62. The summed E-state index contributed by atoms with van der Waals surface area (Å²) in [6.07, 6.45) is 4.28. The molecule has 1 aromatic heterocycles. The largest absolute Gasteiger partial charge is 0.424 e. The number of nitrogens with one attached hydrogen (secondary N) is 1. The van der Waals surface area contributed by atoms with E-state index in [2.05, 4.69) is 20.3 Å². The van der Waals surface area contributed by atoms with Gasteiger partial charge in [0, 0.05) is 6.54 Å². The standard InChI is InChI=1S/C25H33N5O2/c1-17-11-9-12-18(2)21(17)31-24-28-23(27-16-8-6-5-7-15-26)29-25(30-24)32-22-19(3)13-10-14-20(22)4/h9-14H,5-8,15-16,26H2,1-4H3,(H,27,28,29,30). The second-order valence-corrected chi connectivity index (χ2v) is 8.00. The van der Waals surface area contributed by atoms with Crippen molar-refractivity contribution in [3.8, 4) is 23.5 Å². The topological polar surface area (TPSA) is 95.2 Å². The van der Waals surface area contributed by atoms with Crippen LogP contribution in [0.3, 0.4) is 0 Å². The SMILES string of the molecule is Cc1cccc(C)c1Oc1nc(NCCCCCCN)nc(Oc2c(C)cccc2C)n1. The van der Waals surface area contributed by atoms with Crippen molar-refractivity contribution in [3.63, 3.8) is 0 Å². The number of unbranched alkanes of at least 4 members (excludes halogenated alkanes) is 3. The molecule has 0 aliphatic heterocycles. The van der Waals surface area contributed by atoms with Crippen LogP contribution in [-0.2, 0) is 0 Å². The Morgan fingerprint density at radius 1 is 0.688 bits per heavy atom. The van der Waals surface area contributed by atoms with Crippen LogP contribution in [-0.4, -0.2) is 28.0 Å². The molecule has 0 fully saturated rings. The molecule has 0 aliphatic rings. The number of ether oxygens (including phenoxy) is 2. The van der Waals surface area contributed by atoms with Gasteiger partial charge in [0.15, 0.2) is 0 Å². The van der Waals surface area contributed by atoms with E-state index in [4.69, 9.17) is 15.2 Å². The molecule has 0 aliphatic carbocycles. The Hall–Kier alpha value is -3.19. The first-order valence-electron chi connectivity index (χ1n) is 11.2. The average molecular weight is 436 g/mol. The quantitative estimate of drug-likeness (QED) is 0.377. The van der Waals surface area contributed by atoms with Crippen LogP contribution in [0.4, 0.5) is 5.95 Å². The van der Waals surface area contributed by atoms with E-state index in [1.807, 2.05) is 64.1 Å². The molecule has 0 bridgehead atoms. The van der Waals surface area contributed by atoms with Gasteiger partial charge in [-0.05, 0) is 69.3 Å². The minimum atomic E-state index is 0.198. The lowest BCUT2D eigenvalue weighted by molar-refractivity contribution is 0.393. The molecule has 0 amide bonds. The summed E-state index contributed by atoms with van der Waals surface area (Å²) in [4.78, 5) is 13.4. The van der Waals surface area contributed by atoms with Crippen LogP contribution in [0.1, 0.15) is 47.9 Å². The minimum Gasteiger partial charge on any atom is -0.424 e. The predicted molar refractivity (Wildman–Crippen MR) is 128 cm³/mol. The Balaban J connectivity index is 1.84. The van der Waals surface area contributed by atoms with Crippen molar-refractivity contribution >= 4 is 5.95 Å². The summed E-state index contributed by atoms with van der Waals surface area (Å²) in [6.45, 7) is 9.48. The van der Waals surface area contributed by atoms with E-state index in [0.29, 0.717) is 5.95 Å². The molecule has 0 spiro atoms. The summed E-state index contributed by atoms with van der Waals surface area (Å²) in [6, 6.07) is 12.4. The maximum atomic E-state index is 6.08. The highest BCUT2D eigenvalue weighted by Crippen LogP contribution is 2.30. The molecule has 1 heterocycles. The van der Waals surface area contributed by atoms with E-state index in [9.17, 15) is 0 Å². The van der Waals surface area contributed by atoms with Gasteiger partial charge in [-0.15, -0.1) is 4.98 Å². The fourth-order valence-electron chi connectivity index (χ4n) is 3.43. The Kier molecular flexibility index (Phi) is 8.39. The number of nitrogens with zero attached hydrogens (tertiary/aromatic N) is 3. The second kappa shape index (κ2) is 11.4. The second-order valence-electron chi connectivity index (χ2n) is 8.00. The highest BCUT2D eigenvalue weighted by Gasteiger charge is 2.14. The Bertz CT molecular complexity index is 927. The normalized spacial score (nSPS) is 10.8. The first-order valence-corrected chi connectivity index (χ1v) is 11.2. The molecule has 7 nitrogen and oxygen atoms in total. The smallest absolute Gasteiger partial charge is 0.330 e. The lowest BCUT2D eigenvalue weighted by Crippen LogP contribution is -2.09. The summed E-state index contributed by atoms with van der Waals surface area (Å²) >= 11 is 0. The molecule has 2 aromatic carbocycles. The molecule has 3 rings (SSSR count). The molecular formula is C25H33N5O2. The van der Waals surface area contributed by atoms with Gasteiger partial charge in [0.25, 0.3) is 0 Å². The van der Waals surface area contributed by atoms with Gasteiger partial charge in [-0.1, -0.05) is 49.2 Å². The first-order chi connectivity index (χ1) is 15.5. The maximum absolute atomic E-state index is 6.08. The molecular weight excluding hydrogens is 402 g/mol. The van der Waals surface area contributed by atoms with Crippen molar-refractivity contribution in [1.29, 1.82) is 0 Å². The fourth-order valence-corrected chi connectivity index (χ4v) is 3.43. The molecule has 170 valence electrons. The van der Waals surface area contributed by atoms with Crippen LogP contribution in [0.15, 0.2) is 36.4 Å². The number of aromatic nitrogens is 3. The molecule has 0 atom stereocenters. The van der Waals surface area contributed by atoms with E-state index in [-0.39, 0.29) is 12.0 Å². The summed E-state index contributed by atoms with van der Waals surface area (Å²) in [7, 11) is 0. The summed E-state index contributed by atoms with van der Waals surface area (Å²) in [5.41, 5.74) is 9.61. The van der Waals surface area contributed by atoms with Crippen molar-refractivity contribution in [3.05, 3.63) is 58.7 Å². The van der Waals surface area contributed by atoms with Gasteiger partial charge < -0.3 is 20.5 Å². The van der Waals surface area contributed by atoms with E-state index in [1.165, 1.54) is 0 Å². The zero-order valence-corrected chi connectivity index (χ0v) is 19.4. The fraction of sp³-hybridized carbons (Fsp3) is 0.400. The van der Waals surface area contributed by atoms with Crippen LogP contribution < -0.4 is 20.5 Å². The molecule has 0 radical (unpaired) electrons. The molecule has 0 unspecified atom stereocenters. The molecule has 3 aromatic rings. The van der Waals surface area contributed by atoms with E-state index in [1.54, 1.807) is 0 Å². The highest BCUT2D eigenvalue weighted by molar-refractivity contribution is 5.43. The third kappa shape index (κ3) is 6.40. The van der Waals surface area contributed by atoms with Crippen LogP contribution in [0.25, 0.3) is 0 Å². The Labute approximate surface area is 190 Å². The zero-order valence-electron chi connectivity index (χ0n) is 19.4. The van der Waals surface area contributed by atoms with E-state index in [0.717, 1.165) is 72.5 Å². The van der Waals surface area contributed by atoms with Crippen molar-refractivity contribution in [2.24, 2.45) is 5.73 Å². The van der Waals surface area contributed by atoms with Gasteiger partial charge in [-0.3, -0.25) is 0 Å². The summed E-state index contributed by atoms with van der Waals surface area (Å²) < 4.78 is 12.2. The van der Waals surface area contributed by atoms with Gasteiger partial charge in [-0.2, -0.15) is 9.97 Å². The number of aryl methyl sites for hydroxylation is 4. The van der Waals surface area contributed by atoms with Crippen molar-refractivity contribution < 1.29 is 9.47 Å². The maximum Gasteiger partial charge on any atom is 0.330 e. The molecule has 0 saturated carbocycles. The number of nitrogens with two attached hydrogens (primary N) is 1. The van der Waals surface area contributed by atoms with Gasteiger partial charge >= 0.3 is 12.0 Å². The Morgan fingerprint density at radius 3 is 1.62 bits per heavy atom. The monoisotopic (exact) mass is 435 g/mol. The van der Waals surface area contributed by atoms with E-state index < -0.39 is 0 Å². The summed E-state index contributed by atoms with van der Waals surface area (Å²) in [5.74, 6) is 1.91. The number of hydrogen-bond acceptors (Lipinski definition) is 7. The van der Waals surface area contributed by atoms with Crippen LogP contribution in [0.5, 0.6) is 23.5 Å². The van der Waals surface area contributed by atoms with Gasteiger partial charge in [0.1, 0.15) is 11.5 Å². The highest BCUT2D eigenvalue weighted by atomic mass is 16.5. The lowest BCUT2D eigenvalue weighted by atomic mass is 10.1. The Morgan fingerprint density at radius 2 is 1.16 bits per heavy atom. The van der Waals surface area contributed by atoms with Gasteiger partial charge in [-0.25, -0.2) is 0 Å². The van der Waals surface area contributed by atoms with Crippen molar-refractivity contribution in [2.45, 2.75) is 53.4 Å². The third-order valence-corrected chi connectivity index (χ3v) is 5.21. The minimum absolute atomic E-state index is 0.198. The van der Waals surface area contributed by atoms with Crippen LogP contribution in [0.2, 0.25) is 0 Å².